The van der Waals surface area contributed by atoms with Crippen molar-refractivity contribution >= 4 is 28.8 Å². The average molecular weight is 299 g/mol. The van der Waals surface area contributed by atoms with Gasteiger partial charge >= 0.3 is 0 Å². The molecule has 2 aliphatic heterocycles. The predicted octanol–water partition coefficient (Wildman–Crippen LogP) is 2.64. The van der Waals surface area contributed by atoms with E-state index in [2.05, 4.69) is 4.90 Å². The topological polar surface area (TPSA) is 23.6 Å². The minimum Gasteiger partial charge on any atom is -0.341 e. The van der Waals surface area contributed by atoms with Crippen molar-refractivity contribution in [2.45, 2.75) is 31.7 Å². The molecule has 1 unspecified atom stereocenters. The molecule has 2 fully saturated rings. The van der Waals surface area contributed by atoms with Gasteiger partial charge in [-0.2, -0.15) is 0 Å². The Kier molecular flexibility index (Phi) is 4.10. The van der Waals surface area contributed by atoms with E-state index in [4.69, 9.17) is 11.6 Å². The normalized spacial score (nSPS) is 24.3. The van der Waals surface area contributed by atoms with Crippen LogP contribution in [0.1, 0.15) is 24.1 Å². The summed E-state index contributed by atoms with van der Waals surface area (Å²) < 4.78 is 0.763. The van der Waals surface area contributed by atoms with Crippen molar-refractivity contribution in [3.63, 3.8) is 0 Å². The van der Waals surface area contributed by atoms with Gasteiger partial charge in [0.15, 0.2) is 0 Å². The maximum absolute atomic E-state index is 12.3. The van der Waals surface area contributed by atoms with Crippen LogP contribution in [0.4, 0.5) is 0 Å². The molecule has 19 heavy (non-hydrogen) atoms. The molecule has 1 aromatic rings. The molecule has 0 bridgehead atoms. The molecule has 0 aliphatic carbocycles. The zero-order valence-corrected chi connectivity index (χ0v) is 12.6. The maximum Gasteiger partial charge on any atom is 0.227 e. The Morgan fingerprint density at radius 3 is 2.79 bits per heavy atom. The molecule has 2 saturated heterocycles. The number of thiophene rings is 1. The number of halogens is 1. The van der Waals surface area contributed by atoms with Crippen LogP contribution in [0.15, 0.2) is 12.1 Å². The second-order valence-electron chi connectivity index (χ2n) is 5.41. The monoisotopic (exact) mass is 298 g/mol. The molecule has 5 heteroatoms. The Bertz CT molecular complexity index is 456. The van der Waals surface area contributed by atoms with Gasteiger partial charge in [0.25, 0.3) is 0 Å². The molecule has 1 aromatic heterocycles. The van der Waals surface area contributed by atoms with Gasteiger partial charge in [-0.05, 0) is 44.5 Å². The highest BCUT2D eigenvalue weighted by Gasteiger charge is 2.31. The van der Waals surface area contributed by atoms with Gasteiger partial charge in [0.1, 0.15) is 0 Å². The van der Waals surface area contributed by atoms with Gasteiger partial charge in [-0.25, -0.2) is 0 Å². The lowest BCUT2D eigenvalue weighted by Crippen LogP contribution is -2.37. The second kappa shape index (κ2) is 5.81. The quantitative estimate of drug-likeness (QED) is 0.856. The zero-order valence-electron chi connectivity index (χ0n) is 11.0. The largest absolute Gasteiger partial charge is 0.341 e. The van der Waals surface area contributed by atoms with Crippen molar-refractivity contribution in [1.82, 2.24) is 9.80 Å². The molecule has 2 aliphatic rings. The van der Waals surface area contributed by atoms with Crippen LogP contribution in [0.2, 0.25) is 4.34 Å². The van der Waals surface area contributed by atoms with Crippen molar-refractivity contribution in [3.8, 4) is 0 Å². The van der Waals surface area contributed by atoms with E-state index in [0.717, 1.165) is 28.7 Å². The lowest BCUT2D eigenvalue weighted by molar-refractivity contribution is -0.129. The molecule has 1 amide bonds. The molecule has 0 saturated carbocycles. The van der Waals surface area contributed by atoms with Gasteiger partial charge in [-0.3, -0.25) is 9.69 Å². The Morgan fingerprint density at radius 1 is 1.32 bits per heavy atom. The Labute approximate surface area is 123 Å². The highest BCUT2D eigenvalue weighted by atomic mass is 35.5. The van der Waals surface area contributed by atoms with Crippen LogP contribution < -0.4 is 0 Å². The third-order valence-electron chi connectivity index (χ3n) is 4.13. The first-order chi connectivity index (χ1) is 9.22. The smallest absolute Gasteiger partial charge is 0.227 e. The summed E-state index contributed by atoms with van der Waals surface area (Å²) in [6.07, 6.45) is 4.28. The predicted molar refractivity (Wildman–Crippen MR) is 78.8 cm³/mol. The third-order valence-corrected chi connectivity index (χ3v) is 5.36. The lowest BCUT2D eigenvalue weighted by atomic mass is 10.2. The SMILES string of the molecule is O=C(Cc1ccc(Cl)s1)N1CCC(N2CCCC2)C1. The van der Waals surface area contributed by atoms with Crippen molar-refractivity contribution < 1.29 is 4.79 Å². The highest BCUT2D eigenvalue weighted by Crippen LogP contribution is 2.24. The Hall–Kier alpha value is -0.580. The first-order valence-electron chi connectivity index (χ1n) is 6.98. The number of carbonyl (C=O) groups excluding carboxylic acids is 1. The minimum atomic E-state index is 0.250. The first kappa shape index (κ1) is 13.4. The van der Waals surface area contributed by atoms with Crippen molar-refractivity contribution in [2.24, 2.45) is 0 Å². The summed E-state index contributed by atoms with van der Waals surface area (Å²) >= 11 is 7.41. The summed E-state index contributed by atoms with van der Waals surface area (Å²) in [6.45, 7) is 4.26. The van der Waals surface area contributed by atoms with E-state index in [-0.39, 0.29) is 5.91 Å². The molecule has 3 heterocycles. The van der Waals surface area contributed by atoms with E-state index in [1.807, 2.05) is 17.0 Å². The average Bonchev–Trinajstić information content (AvgIpc) is 3.08. The van der Waals surface area contributed by atoms with E-state index in [0.29, 0.717) is 12.5 Å². The minimum absolute atomic E-state index is 0.250. The summed E-state index contributed by atoms with van der Waals surface area (Å²) in [4.78, 5) is 17.9. The van der Waals surface area contributed by atoms with Gasteiger partial charge < -0.3 is 4.90 Å². The van der Waals surface area contributed by atoms with Gasteiger partial charge in [0.2, 0.25) is 5.91 Å². The molecular formula is C14H19ClN2OS. The van der Waals surface area contributed by atoms with Crippen LogP contribution in [-0.4, -0.2) is 47.9 Å². The summed E-state index contributed by atoms with van der Waals surface area (Å²) in [5.74, 6) is 0.250. The Morgan fingerprint density at radius 2 is 2.11 bits per heavy atom. The number of likely N-dealkylation sites (tertiary alicyclic amines) is 2. The molecular weight excluding hydrogens is 280 g/mol. The van der Waals surface area contributed by atoms with Crippen LogP contribution in [0, 0.1) is 0 Å². The Balaban J connectivity index is 1.53. The number of amides is 1. The highest BCUT2D eigenvalue weighted by molar-refractivity contribution is 7.16. The molecule has 0 N–H and O–H groups in total. The van der Waals surface area contributed by atoms with Crippen LogP contribution >= 0.6 is 22.9 Å². The van der Waals surface area contributed by atoms with Crippen LogP contribution in [0.25, 0.3) is 0 Å². The van der Waals surface area contributed by atoms with Crippen molar-refractivity contribution in [3.05, 3.63) is 21.3 Å². The van der Waals surface area contributed by atoms with Gasteiger partial charge in [0.05, 0.1) is 10.8 Å². The molecule has 0 spiro atoms. The summed E-state index contributed by atoms with van der Waals surface area (Å²) in [7, 11) is 0. The van der Waals surface area contributed by atoms with E-state index in [9.17, 15) is 4.79 Å². The molecule has 1 atom stereocenters. The van der Waals surface area contributed by atoms with Crippen LogP contribution in [0.5, 0.6) is 0 Å². The third kappa shape index (κ3) is 3.12. The van der Waals surface area contributed by atoms with Crippen molar-refractivity contribution in [2.75, 3.05) is 26.2 Å². The van der Waals surface area contributed by atoms with E-state index >= 15 is 0 Å². The zero-order chi connectivity index (χ0) is 13.2. The fourth-order valence-electron chi connectivity index (χ4n) is 3.08. The molecule has 3 nitrogen and oxygen atoms in total. The van der Waals surface area contributed by atoms with Gasteiger partial charge in [-0.1, -0.05) is 11.6 Å². The molecule has 0 radical (unpaired) electrons. The van der Waals surface area contributed by atoms with Gasteiger partial charge in [-0.15, -0.1) is 11.3 Å². The standard InChI is InChI=1S/C14H19ClN2OS/c15-13-4-3-12(19-13)9-14(18)17-8-5-11(10-17)16-6-1-2-7-16/h3-4,11H,1-2,5-10H2. The fourth-order valence-corrected chi connectivity index (χ4v) is 4.16. The van der Waals surface area contributed by atoms with Crippen LogP contribution in [0.3, 0.4) is 0 Å². The van der Waals surface area contributed by atoms with Crippen molar-refractivity contribution in [1.29, 1.82) is 0 Å². The van der Waals surface area contributed by atoms with Gasteiger partial charge in [0, 0.05) is 24.0 Å². The molecule has 0 aromatic carbocycles. The summed E-state index contributed by atoms with van der Waals surface area (Å²) in [5, 5.41) is 0. The lowest BCUT2D eigenvalue weighted by Gasteiger charge is -2.23. The number of hydrogen-bond donors (Lipinski definition) is 0. The molecule has 104 valence electrons. The number of rotatable bonds is 3. The summed E-state index contributed by atoms with van der Waals surface area (Å²) in [5.41, 5.74) is 0. The summed E-state index contributed by atoms with van der Waals surface area (Å²) in [6, 6.07) is 4.42. The van der Waals surface area contributed by atoms with E-state index in [1.165, 1.54) is 37.3 Å². The second-order valence-corrected chi connectivity index (χ2v) is 7.21. The first-order valence-corrected chi connectivity index (χ1v) is 8.18. The fraction of sp³-hybridized carbons (Fsp3) is 0.643. The number of carbonyl (C=O) groups is 1. The van der Waals surface area contributed by atoms with Crippen LogP contribution in [-0.2, 0) is 11.2 Å². The maximum atomic E-state index is 12.3. The van der Waals surface area contributed by atoms with E-state index in [1.54, 1.807) is 0 Å². The van der Waals surface area contributed by atoms with E-state index < -0.39 is 0 Å². The number of nitrogens with zero attached hydrogens (tertiary/aromatic N) is 2. The molecule has 3 rings (SSSR count). The number of hydrogen-bond acceptors (Lipinski definition) is 3.